The molecular weight excluding hydrogens is 224 g/mol. The lowest BCUT2D eigenvalue weighted by Gasteiger charge is -2.01. The van der Waals surface area contributed by atoms with Crippen LogP contribution >= 0.6 is 0 Å². The van der Waals surface area contributed by atoms with Crippen LogP contribution in [0.5, 0.6) is 0 Å². The van der Waals surface area contributed by atoms with Crippen molar-refractivity contribution >= 4 is 6.47 Å². The molecule has 0 N–H and O–H groups in total. The lowest BCUT2D eigenvalue weighted by atomic mass is 10.1. The van der Waals surface area contributed by atoms with Gasteiger partial charge in [0.1, 0.15) is 6.61 Å². The van der Waals surface area contributed by atoms with Crippen molar-refractivity contribution in [1.82, 2.24) is 0 Å². The van der Waals surface area contributed by atoms with Gasteiger partial charge in [-0.2, -0.15) is 0 Å². The average Bonchev–Trinajstić information content (AvgIpc) is 2.29. The van der Waals surface area contributed by atoms with Crippen molar-refractivity contribution in [1.29, 1.82) is 0 Å². The SMILES string of the molecule is CC(C)=CCC/C(C)=C/CC/C(C)=C/COC=O. The van der Waals surface area contributed by atoms with E-state index in [1.54, 1.807) is 0 Å². The highest BCUT2D eigenvalue weighted by molar-refractivity contribution is 5.37. The van der Waals surface area contributed by atoms with Crippen LogP contribution in [0.2, 0.25) is 0 Å². The third kappa shape index (κ3) is 11.2. The van der Waals surface area contributed by atoms with Crippen LogP contribution < -0.4 is 0 Å². The molecule has 2 heteroatoms. The molecule has 2 nitrogen and oxygen atoms in total. The van der Waals surface area contributed by atoms with Crippen LogP contribution in [0, 0.1) is 0 Å². The molecule has 0 fully saturated rings. The second-order valence-electron chi connectivity index (χ2n) is 4.89. The van der Waals surface area contributed by atoms with E-state index in [0.717, 1.165) is 25.7 Å². The van der Waals surface area contributed by atoms with E-state index in [-0.39, 0.29) is 0 Å². The number of hydrogen-bond acceptors (Lipinski definition) is 2. The van der Waals surface area contributed by atoms with Crippen LogP contribution in [0.15, 0.2) is 34.9 Å². The quantitative estimate of drug-likeness (QED) is 0.340. The number of ether oxygens (including phenoxy) is 1. The van der Waals surface area contributed by atoms with Crippen molar-refractivity contribution in [2.24, 2.45) is 0 Å². The Morgan fingerprint density at radius 3 is 2.00 bits per heavy atom. The van der Waals surface area contributed by atoms with Gasteiger partial charge in [-0.1, -0.05) is 28.9 Å². The molecule has 0 atom stereocenters. The van der Waals surface area contributed by atoms with Gasteiger partial charge in [-0.05, 0) is 59.5 Å². The maximum atomic E-state index is 9.97. The van der Waals surface area contributed by atoms with Gasteiger partial charge in [0.2, 0.25) is 0 Å². The second-order valence-corrected chi connectivity index (χ2v) is 4.89. The standard InChI is InChI=1S/C16H26O2/c1-14(2)7-5-8-15(3)9-6-10-16(4)11-12-18-13-17/h7,9,11,13H,5-6,8,10,12H2,1-4H3/b15-9+,16-11+. The van der Waals surface area contributed by atoms with Crippen molar-refractivity contribution in [3.05, 3.63) is 34.9 Å². The first-order valence-electron chi connectivity index (χ1n) is 6.56. The summed E-state index contributed by atoms with van der Waals surface area (Å²) < 4.78 is 4.63. The third-order valence-corrected chi connectivity index (χ3v) is 2.72. The van der Waals surface area contributed by atoms with E-state index in [1.165, 1.54) is 16.7 Å². The van der Waals surface area contributed by atoms with Crippen LogP contribution in [0.25, 0.3) is 0 Å². The number of hydrogen-bond donors (Lipinski definition) is 0. The van der Waals surface area contributed by atoms with Gasteiger partial charge in [-0.15, -0.1) is 0 Å². The zero-order chi connectivity index (χ0) is 13.8. The molecule has 0 amide bonds. The minimum atomic E-state index is 0.388. The Bertz CT molecular complexity index is 318. The van der Waals surface area contributed by atoms with E-state index in [4.69, 9.17) is 0 Å². The maximum absolute atomic E-state index is 9.97. The Morgan fingerprint density at radius 1 is 0.889 bits per heavy atom. The second kappa shape index (κ2) is 10.8. The highest BCUT2D eigenvalue weighted by atomic mass is 16.5. The van der Waals surface area contributed by atoms with Crippen molar-refractivity contribution in [3.8, 4) is 0 Å². The zero-order valence-corrected chi connectivity index (χ0v) is 12.2. The fraction of sp³-hybridized carbons (Fsp3) is 0.562. The molecule has 0 aromatic heterocycles. The Hall–Kier alpha value is -1.31. The van der Waals surface area contributed by atoms with Crippen LogP contribution in [-0.2, 0) is 9.53 Å². The van der Waals surface area contributed by atoms with E-state index < -0.39 is 0 Å². The Morgan fingerprint density at radius 2 is 1.44 bits per heavy atom. The summed E-state index contributed by atoms with van der Waals surface area (Å²) in [5, 5.41) is 0. The maximum Gasteiger partial charge on any atom is 0.293 e. The highest BCUT2D eigenvalue weighted by Crippen LogP contribution is 2.11. The van der Waals surface area contributed by atoms with E-state index in [9.17, 15) is 4.79 Å². The fourth-order valence-corrected chi connectivity index (χ4v) is 1.57. The van der Waals surface area contributed by atoms with Gasteiger partial charge in [0.15, 0.2) is 0 Å². The van der Waals surface area contributed by atoms with Crippen LogP contribution in [0.4, 0.5) is 0 Å². The molecule has 0 radical (unpaired) electrons. The first-order chi connectivity index (χ1) is 8.56. The van der Waals surface area contributed by atoms with Gasteiger partial charge in [0.05, 0.1) is 0 Å². The summed E-state index contributed by atoms with van der Waals surface area (Å²) in [5.74, 6) is 0. The average molecular weight is 250 g/mol. The lowest BCUT2D eigenvalue weighted by molar-refractivity contribution is -0.127. The summed E-state index contributed by atoms with van der Waals surface area (Å²) in [7, 11) is 0. The van der Waals surface area contributed by atoms with E-state index in [0.29, 0.717) is 13.1 Å². The topological polar surface area (TPSA) is 26.3 Å². The summed E-state index contributed by atoms with van der Waals surface area (Å²) in [6, 6.07) is 0. The first kappa shape index (κ1) is 16.7. The lowest BCUT2D eigenvalue weighted by Crippen LogP contribution is -1.88. The number of carbonyl (C=O) groups is 1. The van der Waals surface area contributed by atoms with Gasteiger partial charge in [-0.25, -0.2) is 0 Å². The molecule has 0 aliphatic heterocycles. The van der Waals surface area contributed by atoms with Gasteiger partial charge >= 0.3 is 0 Å². The summed E-state index contributed by atoms with van der Waals surface area (Å²) in [5.41, 5.74) is 4.10. The minimum absolute atomic E-state index is 0.388. The molecule has 0 aromatic carbocycles. The molecule has 18 heavy (non-hydrogen) atoms. The summed E-state index contributed by atoms with van der Waals surface area (Å²) in [4.78, 5) is 9.97. The normalized spacial score (nSPS) is 12.2. The Balaban J connectivity index is 3.82. The zero-order valence-electron chi connectivity index (χ0n) is 12.2. The van der Waals surface area contributed by atoms with Crippen LogP contribution in [0.1, 0.15) is 53.4 Å². The van der Waals surface area contributed by atoms with Gasteiger partial charge < -0.3 is 4.74 Å². The van der Waals surface area contributed by atoms with Crippen molar-refractivity contribution in [2.45, 2.75) is 53.4 Å². The smallest absolute Gasteiger partial charge is 0.293 e. The first-order valence-corrected chi connectivity index (χ1v) is 6.56. The predicted octanol–water partition coefficient (Wildman–Crippen LogP) is 4.58. The molecule has 0 bridgehead atoms. The summed E-state index contributed by atoms with van der Waals surface area (Å²) in [6.45, 7) is 9.40. The van der Waals surface area contributed by atoms with E-state index in [2.05, 4.69) is 44.6 Å². The molecule has 0 rings (SSSR count). The van der Waals surface area contributed by atoms with Crippen molar-refractivity contribution < 1.29 is 9.53 Å². The highest BCUT2D eigenvalue weighted by Gasteiger charge is 1.92. The van der Waals surface area contributed by atoms with E-state index >= 15 is 0 Å². The molecular formula is C16H26O2. The third-order valence-electron chi connectivity index (χ3n) is 2.72. The van der Waals surface area contributed by atoms with Crippen LogP contribution in [-0.4, -0.2) is 13.1 Å². The largest absolute Gasteiger partial charge is 0.464 e. The van der Waals surface area contributed by atoms with Gasteiger partial charge in [-0.3, -0.25) is 4.79 Å². The predicted molar refractivity (Wildman–Crippen MR) is 77.4 cm³/mol. The molecule has 0 aliphatic rings. The summed E-state index contributed by atoms with van der Waals surface area (Å²) >= 11 is 0. The molecule has 0 saturated carbocycles. The summed E-state index contributed by atoms with van der Waals surface area (Å²) in [6.07, 6.45) is 10.9. The van der Waals surface area contributed by atoms with Gasteiger partial charge in [0, 0.05) is 0 Å². The molecule has 102 valence electrons. The van der Waals surface area contributed by atoms with Gasteiger partial charge in [0.25, 0.3) is 6.47 Å². The Labute approximate surface area is 111 Å². The monoisotopic (exact) mass is 250 g/mol. The molecule has 0 heterocycles. The molecule has 0 unspecified atom stereocenters. The molecule has 0 spiro atoms. The van der Waals surface area contributed by atoms with E-state index in [1.807, 2.05) is 6.08 Å². The van der Waals surface area contributed by atoms with Crippen molar-refractivity contribution in [2.75, 3.05) is 6.61 Å². The van der Waals surface area contributed by atoms with Crippen LogP contribution in [0.3, 0.4) is 0 Å². The fourth-order valence-electron chi connectivity index (χ4n) is 1.57. The minimum Gasteiger partial charge on any atom is -0.464 e. The number of allylic oxidation sites excluding steroid dienone is 5. The number of rotatable bonds is 9. The molecule has 0 aromatic rings. The Kier molecular flexibility index (Phi) is 10.0. The molecule has 0 aliphatic carbocycles. The molecule has 0 saturated heterocycles. The number of carbonyl (C=O) groups excluding carboxylic acids is 1. The van der Waals surface area contributed by atoms with Crippen molar-refractivity contribution in [3.63, 3.8) is 0 Å².